The molecule has 1 aromatic heterocycles. The lowest BCUT2D eigenvalue weighted by atomic mass is 10.2. The molecule has 2 heterocycles. The van der Waals surface area contributed by atoms with Gasteiger partial charge in [-0.1, -0.05) is 41.0 Å². The highest BCUT2D eigenvalue weighted by Crippen LogP contribution is 2.40. The summed E-state index contributed by atoms with van der Waals surface area (Å²) >= 11 is 13.9. The molecule has 4 nitrogen and oxygen atoms in total. The van der Waals surface area contributed by atoms with Crippen LogP contribution in [0.2, 0.25) is 10.0 Å². The molecule has 0 saturated carbocycles. The number of nitrogens with two attached hydrogens (primary N) is 1. The number of nitrogen functional groups attached to an aromatic ring is 1. The van der Waals surface area contributed by atoms with Gasteiger partial charge in [0.1, 0.15) is 10.4 Å². The Morgan fingerprint density at radius 2 is 1.95 bits per heavy atom. The third kappa shape index (κ3) is 2.57. The van der Waals surface area contributed by atoms with Crippen molar-refractivity contribution in [2.45, 2.75) is 5.37 Å². The minimum atomic E-state index is -0.130. The minimum Gasteiger partial charge on any atom is -0.399 e. The van der Waals surface area contributed by atoms with Gasteiger partial charge in [-0.05, 0) is 24.3 Å². The van der Waals surface area contributed by atoms with E-state index >= 15 is 0 Å². The highest BCUT2D eigenvalue weighted by molar-refractivity contribution is 8.14. The number of hydrogen-bond acceptors (Lipinski definition) is 5. The number of hydrogen-bond donors (Lipinski definition) is 2. The maximum Gasteiger partial charge on any atom is 0.144 e. The van der Waals surface area contributed by atoms with Crippen molar-refractivity contribution in [3.63, 3.8) is 0 Å². The molecule has 0 saturated heterocycles. The van der Waals surface area contributed by atoms with Crippen LogP contribution >= 0.6 is 35.0 Å². The summed E-state index contributed by atoms with van der Waals surface area (Å²) in [5.41, 5.74) is 11.0. The van der Waals surface area contributed by atoms with Crippen LogP contribution in [0.4, 0.5) is 5.69 Å². The third-order valence-corrected chi connectivity index (χ3v) is 4.54. The number of benzene rings is 1. The van der Waals surface area contributed by atoms with Crippen LogP contribution in [0, 0.1) is 0 Å². The van der Waals surface area contributed by atoms with Gasteiger partial charge in [0.05, 0.1) is 5.69 Å². The molecule has 1 aliphatic heterocycles. The summed E-state index contributed by atoms with van der Waals surface area (Å²) < 4.78 is 0. The fourth-order valence-electron chi connectivity index (χ4n) is 1.85. The van der Waals surface area contributed by atoms with Gasteiger partial charge in [-0.2, -0.15) is 5.10 Å². The number of halogens is 2. The normalized spacial score (nSPS) is 17.7. The largest absolute Gasteiger partial charge is 0.399 e. The Hall–Kier alpha value is -1.43. The molecular weight excluding hydrogens is 315 g/mol. The van der Waals surface area contributed by atoms with Gasteiger partial charge >= 0.3 is 0 Å². The Bertz CT molecular complexity index is 670. The summed E-state index contributed by atoms with van der Waals surface area (Å²) in [4.78, 5) is 4.26. The van der Waals surface area contributed by atoms with Crippen LogP contribution in [-0.2, 0) is 0 Å². The first-order valence-corrected chi connectivity index (χ1v) is 7.44. The number of thioether (sulfide) groups is 1. The first kappa shape index (κ1) is 13.5. The summed E-state index contributed by atoms with van der Waals surface area (Å²) in [5, 5.41) is 6.13. The topological polar surface area (TPSA) is 63.3 Å². The molecule has 0 bridgehead atoms. The zero-order valence-electron chi connectivity index (χ0n) is 10.2. The number of nitrogens with zero attached hydrogens (tertiary/aromatic N) is 2. The van der Waals surface area contributed by atoms with Gasteiger partial charge in [-0.3, -0.25) is 10.4 Å². The van der Waals surface area contributed by atoms with Crippen molar-refractivity contribution in [2.75, 3.05) is 5.73 Å². The van der Waals surface area contributed by atoms with Crippen molar-refractivity contribution >= 4 is 45.7 Å². The molecule has 0 radical (unpaired) electrons. The second kappa shape index (κ2) is 5.52. The van der Waals surface area contributed by atoms with Crippen molar-refractivity contribution in [1.29, 1.82) is 0 Å². The van der Waals surface area contributed by atoms with Crippen LogP contribution in [0.1, 0.15) is 16.6 Å². The Morgan fingerprint density at radius 1 is 1.20 bits per heavy atom. The summed E-state index contributed by atoms with van der Waals surface area (Å²) in [5.74, 6) is 0. The summed E-state index contributed by atoms with van der Waals surface area (Å²) in [7, 11) is 0. The van der Waals surface area contributed by atoms with E-state index in [0.29, 0.717) is 15.7 Å². The van der Waals surface area contributed by atoms with Gasteiger partial charge < -0.3 is 5.73 Å². The van der Waals surface area contributed by atoms with Crippen molar-refractivity contribution < 1.29 is 0 Å². The van der Waals surface area contributed by atoms with E-state index in [1.54, 1.807) is 18.3 Å². The molecule has 20 heavy (non-hydrogen) atoms. The second-order valence-corrected chi connectivity index (χ2v) is 6.06. The predicted octanol–water partition coefficient (Wildman–Crippen LogP) is 3.67. The molecule has 1 unspecified atom stereocenters. The van der Waals surface area contributed by atoms with E-state index in [2.05, 4.69) is 15.5 Å². The van der Waals surface area contributed by atoms with Crippen LogP contribution in [-0.4, -0.2) is 10.0 Å². The molecule has 1 aliphatic rings. The van der Waals surface area contributed by atoms with Gasteiger partial charge in [-0.25, -0.2) is 0 Å². The molecule has 3 rings (SSSR count). The number of aromatic nitrogens is 1. The second-order valence-electron chi connectivity index (χ2n) is 4.15. The lowest BCUT2D eigenvalue weighted by molar-refractivity contribution is 0.744. The third-order valence-electron chi connectivity index (χ3n) is 2.78. The maximum absolute atomic E-state index is 6.20. The van der Waals surface area contributed by atoms with Crippen molar-refractivity contribution in [3.8, 4) is 0 Å². The average molecular weight is 325 g/mol. The fourth-order valence-corrected chi connectivity index (χ4v) is 3.63. The highest BCUT2D eigenvalue weighted by Gasteiger charge is 2.26. The molecule has 3 N–H and O–H groups in total. The number of anilines is 1. The van der Waals surface area contributed by atoms with Gasteiger partial charge in [0.2, 0.25) is 0 Å². The van der Waals surface area contributed by atoms with E-state index in [0.717, 1.165) is 16.3 Å². The Kier molecular flexibility index (Phi) is 3.74. The van der Waals surface area contributed by atoms with E-state index in [1.165, 1.54) is 11.8 Å². The Balaban J connectivity index is 1.86. The van der Waals surface area contributed by atoms with Gasteiger partial charge in [-0.15, -0.1) is 0 Å². The molecule has 0 spiro atoms. The molecule has 2 aromatic rings. The minimum absolute atomic E-state index is 0.130. The van der Waals surface area contributed by atoms with Gasteiger partial charge in [0.15, 0.2) is 0 Å². The maximum atomic E-state index is 6.20. The molecule has 102 valence electrons. The van der Waals surface area contributed by atoms with Gasteiger partial charge in [0, 0.05) is 27.5 Å². The molecule has 0 fully saturated rings. The number of rotatable bonds is 2. The number of nitrogens with one attached hydrogen (secondary N) is 1. The Morgan fingerprint density at radius 3 is 2.65 bits per heavy atom. The van der Waals surface area contributed by atoms with E-state index in [1.807, 2.05) is 18.2 Å². The lowest BCUT2D eigenvalue weighted by Gasteiger charge is -2.13. The van der Waals surface area contributed by atoms with Crippen LogP contribution in [0.25, 0.3) is 0 Å². The molecule has 0 amide bonds. The Labute approximate surface area is 130 Å². The molecule has 7 heteroatoms. The smallest absolute Gasteiger partial charge is 0.144 e. The van der Waals surface area contributed by atoms with Crippen LogP contribution in [0.15, 0.2) is 41.6 Å². The average Bonchev–Trinajstić information content (AvgIpc) is 2.88. The van der Waals surface area contributed by atoms with Crippen LogP contribution in [0.3, 0.4) is 0 Å². The van der Waals surface area contributed by atoms with Crippen molar-refractivity contribution in [1.82, 2.24) is 10.4 Å². The van der Waals surface area contributed by atoms with E-state index < -0.39 is 0 Å². The summed E-state index contributed by atoms with van der Waals surface area (Å²) in [6.45, 7) is 0. The highest BCUT2D eigenvalue weighted by atomic mass is 35.5. The number of pyridine rings is 1. The van der Waals surface area contributed by atoms with Gasteiger partial charge in [0.25, 0.3) is 0 Å². The molecular formula is C13H10Cl2N4S. The van der Waals surface area contributed by atoms with Crippen LogP contribution in [0.5, 0.6) is 0 Å². The first-order valence-electron chi connectivity index (χ1n) is 5.81. The van der Waals surface area contributed by atoms with Crippen LogP contribution < -0.4 is 11.2 Å². The monoisotopic (exact) mass is 324 g/mol. The van der Waals surface area contributed by atoms with Crippen molar-refractivity contribution in [3.05, 3.63) is 57.8 Å². The SMILES string of the molecule is Nc1ccnc(C2=NNC(c3c(Cl)cccc3Cl)S2)c1. The fraction of sp³-hybridized carbons (Fsp3) is 0.0769. The zero-order chi connectivity index (χ0) is 14.1. The van der Waals surface area contributed by atoms with E-state index in [4.69, 9.17) is 28.9 Å². The van der Waals surface area contributed by atoms with Crippen molar-refractivity contribution in [2.24, 2.45) is 5.10 Å². The quantitative estimate of drug-likeness (QED) is 0.884. The van der Waals surface area contributed by atoms with E-state index in [-0.39, 0.29) is 5.37 Å². The first-order chi connectivity index (χ1) is 9.65. The molecule has 1 atom stereocenters. The molecule has 1 aromatic carbocycles. The summed E-state index contributed by atoms with van der Waals surface area (Å²) in [6, 6.07) is 8.95. The lowest BCUT2D eigenvalue weighted by Crippen LogP contribution is -2.07. The summed E-state index contributed by atoms with van der Waals surface area (Å²) in [6.07, 6.45) is 1.66. The predicted molar refractivity (Wildman–Crippen MR) is 85.1 cm³/mol. The molecule has 0 aliphatic carbocycles. The number of hydrazone groups is 1. The standard InChI is InChI=1S/C13H10Cl2N4S/c14-8-2-1-3-9(15)11(8)13-19-18-12(20-13)10-6-7(16)4-5-17-10/h1-6,13,19H,(H2,16,17). The zero-order valence-corrected chi connectivity index (χ0v) is 12.5. The van der Waals surface area contributed by atoms with E-state index in [9.17, 15) is 0 Å².